The molecule has 0 N–H and O–H groups in total. The van der Waals surface area contributed by atoms with Crippen molar-refractivity contribution in [2.75, 3.05) is 0 Å². The largest absolute Gasteiger partial charge is 0.261 e. The van der Waals surface area contributed by atoms with Gasteiger partial charge in [-0.1, -0.05) is 45.0 Å². The van der Waals surface area contributed by atoms with Gasteiger partial charge in [-0.05, 0) is 6.07 Å². The maximum absolute atomic E-state index is 4.70. The molecule has 2 nitrogen and oxygen atoms in total. The minimum atomic E-state index is 0.0754. The molecule has 0 aliphatic carbocycles. The van der Waals surface area contributed by atoms with Crippen LogP contribution in [-0.4, -0.2) is 9.78 Å². The highest BCUT2D eigenvalue weighted by molar-refractivity contribution is 5.82. The molecule has 16 heavy (non-hydrogen) atoms. The molecule has 0 amide bonds. The van der Waals surface area contributed by atoms with Gasteiger partial charge >= 0.3 is 0 Å². The van der Waals surface area contributed by atoms with Gasteiger partial charge in [0.15, 0.2) is 0 Å². The van der Waals surface area contributed by atoms with Crippen molar-refractivity contribution < 1.29 is 0 Å². The molecular formula is C14H18N2. The molecule has 0 aliphatic rings. The smallest absolute Gasteiger partial charge is 0.0756 e. The van der Waals surface area contributed by atoms with Crippen LogP contribution in [0.2, 0.25) is 0 Å². The molecule has 0 atom stereocenters. The third-order valence-electron chi connectivity index (χ3n) is 2.67. The van der Waals surface area contributed by atoms with E-state index < -0.39 is 0 Å². The summed E-state index contributed by atoms with van der Waals surface area (Å²) in [6, 6.07) is 8.37. The molecule has 1 aromatic heterocycles. The zero-order valence-electron chi connectivity index (χ0n) is 10.2. The first-order valence-corrected chi connectivity index (χ1v) is 5.61. The number of fused-ring (bicyclic) bond motifs is 1. The Kier molecular flexibility index (Phi) is 2.58. The summed E-state index contributed by atoms with van der Waals surface area (Å²) in [5.41, 5.74) is 2.42. The monoisotopic (exact) mass is 214 g/mol. The van der Waals surface area contributed by atoms with E-state index in [2.05, 4.69) is 51.6 Å². The topological polar surface area (TPSA) is 17.8 Å². The first-order chi connectivity index (χ1) is 7.54. The van der Waals surface area contributed by atoms with Crippen molar-refractivity contribution in [3.8, 4) is 0 Å². The molecule has 0 aliphatic heterocycles. The number of aromatic nitrogens is 2. The Morgan fingerprint density at radius 3 is 2.62 bits per heavy atom. The summed E-state index contributed by atoms with van der Waals surface area (Å²) in [4.78, 5) is 0. The Hall–Kier alpha value is -1.57. The second-order valence-electron chi connectivity index (χ2n) is 5.09. The molecule has 2 heteroatoms. The SMILES string of the molecule is C=CCn1nc(C(C)(C)C)c2ccccc21. The van der Waals surface area contributed by atoms with Crippen molar-refractivity contribution in [3.63, 3.8) is 0 Å². The second kappa shape index (κ2) is 3.78. The lowest BCUT2D eigenvalue weighted by molar-refractivity contribution is 0.552. The maximum Gasteiger partial charge on any atom is 0.0756 e. The number of hydrogen-bond acceptors (Lipinski definition) is 1. The predicted octanol–water partition coefficient (Wildman–Crippen LogP) is 3.52. The zero-order chi connectivity index (χ0) is 11.8. The first kappa shape index (κ1) is 10.9. The van der Waals surface area contributed by atoms with Gasteiger partial charge in [0.1, 0.15) is 0 Å². The van der Waals surface area contributed by atoms with Crippen molar-refractivity contribution in [2.24, 2.45) is 0 Å². The number of para-hydroxylation sites is 1. The Bertz CT molecular complexity index is 515. The normalized spacial score (nSPS) is 11.9. The van der Waals surface area contributed by atoms with Gasteiger partial charge in [-0.15, -0.1) is 6.58 Å². The summed E-state index contributed by atoms with van der Waals surface area (Å²) in [7, 11) is 0. The summed E-state index contributed by atoms with van der Waals surface area (Å²) >= 11 is 0. The third kappa shape index (κ3) is 1.75. The van der Waals surface area contributed by atoms with Gasteiger partial charge in [0.05, 0.1) is 17.8 Å². The molecule has 0 unspecified atom stereocenters. The summed E-state index contributed by atoms with van der Waals surface area (Å²) in [5.74, 6) is 0. The van der Waals surface area contributed by atoms with Crippen molar-refractivity contribution in [2.45, 2.75) is 32.7 Å². The fourth-order valence-electron chi connectivity index (χ4n) is 1.94. The van der Waals surface area contributed by atoms with Crippen LogP contribution in [0.3, 0.4) is 0 Å². The van der Waals surface area contributed by atoms with Crippen LogP contribution in [0.25, 0.3) is 10.9 Å². The summed E-state index contributed by atoms with van der Waals surface area (Å²) in [6.45, 7) is 11.1. The molecule has 0 bridgehead atoms. The van der Waals surface area contributed by atoms with E-state index in [1.54, 1.807) is 0 Å². The van der Waals surface area contributed by atoms with Crippen LogP contribution in [0.5, 0.6) is 0 Å². The highest BCUT2D eigenvalue weighted by Gasteiger charge is 2.21. The van der Waals surface area contributed by atoms with E-state index in [4.69, 9.17) is 5.10 Å². The molecular weight excluding hydrogens is 196 g/mol. The highest BCUT2D eigenvalue weighted by Crippen LogP contribution is 2.28. The van der Waals surface area contributed by atoms with Gasteiger partial charge < -0.3 is 0 Å². The van der Waals surface area contributed by atoms with Gasteiger partial charge in [0, 0.05) is 10.8 Å². The zero-order valence-corrected chi connectivity index (χ0v) is 10.2. The van der Waals surface area contributed by atoms with Gasteiger partial charge in [0.25, 0.3) is 0 Å². The van der Waals surface area contributed by atoms with Crippen LogP contribution in [0.4, 0.5) is 0 Å². The molecule has 1 heterocycles. The predicted molar refractivity (Wildman–Crippen MR) is 68.6 cm³/mol. The van der Waals surface area contributed by atoms with Crippen LogP contribution in [0, 0.1) is 0 Å². The number of hydrogen-bond donors (Lipinski definition) is 0. The number of allylic oxidation sites excluding steroid dienone is 1. The van der Waals surface area contributed by atoms with Gasteiger partial charge in [-0.2, -0.15) is 5.10 Å². The Morgan fingerprint density at radius 2 is 2.00 bits per heavy atom. The standard InChI is InChI=1S/C14H18N2/c1-5-10-16-12-9-7-6-8-11(12)13(15-16)14(2,3)4/h5-9H,1,10H2,2-4H3. The average Bonchev–Trinajstić information content (AvgIpc) is 2.58. The van der Waals surface area contributed by atoms with Crippen LogP contribution in [0.15, 0.2) is 36.9 Å². The number of benzene rings is 1. The number of nitrogens with zero attached hydrogens (tertiary/aromatic N) is 2. The minimum Gasteiger partial charge on any atom is -0.261 e. The molecule has 2 rings (SSSR count). The Balaban J connectivity index is 2.71. The van der Waals surface area contributed by atoms with Crippen LogP contribution in [-0.2, 0) is 12.0 Å². The quantitative estimate of drug-likeness (QED) is 0.699. The van der Waals surface area contributed by atoms with E-state index in [-0.39, 0.29) is 5.41 Å². The van der Waals surface area contributed by atoms with E-state index >= 15 is 0 Å². The molecule has 0 saturated carbocycles. The lowest BCUT2D eigenvalue weighted by Crippen LogP contribution is -2.13. The van der Waals surface area contributed by atoms with E-state index in [1.165, 1.54) is 10.9 Å². The minimum absolute atomic E-state index is 0.0754. The second-order valence-corrected chi connectivity index (χ2v) is 5.09. The van der Waals surface area contributed by atoms with Crippen LogP contribution >= 0.6 is 0 Å². The summed E-state index contributed by atoms with van der Waals surface area (Å²) in [6.07, 6.45) is 1.88. The van der Waals surface area contributed by atoms with Crippen LogP contribution < -0.4 is 0 Å². The lowest BCUT2D eigenvalue weighted by atomic mass is 9.90. The van der Waals surface area contributed by atoms with Gasteiger partial charge in [-0.3, -0.25) is 4.68 Å². The van der Waals surface area contributed by atoms with E-state index in [0.717, 1.165) is 12.2 Å². The molecule has 0 spiro atoms. The maximum atomic E-state index is 4.70. The summed E-state index contributed by atoms with van der Waals surface area (Å²) < 4.78 is 2.02. The molecule has 84 valence electrons. The molecule has 0 fully saturated rings. The van der Waals surface area contributed by atoms with Crippen molar-refractivity contribution in [1.29, 1.82) is 0 Å². The fraction of sp³-hybridized carbons (Fsp3) is 0.357. The Morgan fingerprint density at radius 1 is 1.31 bits per heavy atom. The lowest BCUT2D eigenvalue weighted by Gasteiger charge is -2.15. The number of rotatable bonds is 2. The van der Waals surface area contributed by atoms with Gasteiger partial charge in [-0.25, -0.2) is 0 Å². The van der Waals surface area contributed by atoms with E-state index in [0.29, 0.717) is 0 Å². The van der Waals surface area contributed by atoms with Crippen molar-refractivity contribution in [3.05, 3.63) is 42.6 Å². The molecule has 1 aromatic carbocycles. The highest BCUT2D eigenvalue weighted by atomic mass is 15.3. The van der Waals surface area contributed by atoms with Crippen LogP contribution in [0.1, 0.15) is 26.5 Å². The average molecular weight is 214 g/mol. The molecule has 0 saturated heterocycles. The molecule has 2 aromatic rings. The van der Waals surface area contributed by atoms with E-state index in [1.807, 2.05) is 10.8 Å². The Labute approximate surface area is 96.6 Å². The fourth-order valence-corrected chi connectivity index (χ4v) is 1.94. The van der Waals surface area contributed by atoms with Crippen molar-refractivity contribution in [1.82, 2.24) is 9.78 Å². The third-order valence-corrected chi connectivity index (χ3v) is 2.67. The summed E-state index contributed by atoms with van der Waals surface area (Å²) in [5, 5.41) is 5.94. The van der Waals surface area contributed by atoms with Gasteiger partial charge in [0.2, 0.25) is 0 Å². The molecule has 0 radical (unpaired) electrons. The van der Waals surface area contributed by atoms with Crippen molar-refractivity contribution >= 4 is 10.9 Å². The van der Waals surface area contributed by atoms with E-state index in [9.17, 15) is 0 Å². The first-order valence-electron chi connectivity index (χ1n) is 5.61.